The number of rotatable bonds is 2. The molecule has 0 aromatic carbocycles. The van der Waals surface area contributed by atoms with E-state index in [1.54, 1.807) is 0 Å². The molecule has 0 spiro atoms. The average molecular weight is 322 g/mol. The number of carbonyl (C=O) groups excluding carboxylic acids is 3. The van der Waals surface area contributed by atoms with Crippen molar-refractivity contribution in [3.63, 3.8) is 0 Å². The summed E-state index contributed by atoms with van der Waals surface area (Å²) >= 11 is 0. The lowest BCUT2D eigenvalue weighted by Crippen LogP contribution is -2.60. The van der Waals surface area contributed by atoms with E-state index >= 15 is 0 Å². The van der Waals surface area contributed by atoms with Gasteiger partial charge in [0.2, 0.25) is 0 Å². The summed E-state index contributed by atoms with van der Waals surface area (Å²) in [6.07, 6.45) is 0.944. The molecule has 6 nitrogen and oxygen atoms in total. The van der Waals surface area contributed by atoms with Gasteiger partial charge in [-0.3, -0.25) is 9.59 Å². The fraction of sp³-hybridized carbons (Fsp3) is 0.706. The number of hydrogen-bond donors (Lipinski definition) is 1. The van der Waals surface area contributed by atoms with E-state index in [-0.39, 0.29) is 30.6 Å². The Hall–Kier alpha value is -1.69. The molecule has 0 amide bonds. The van der Waals surface area contributed by atoms with Crippen LogP contribution in [0.15, 0.2) is 12.2 Å². The van der Waals surface area contributed by atoms with E-state index in [4.69, 9.17) is 9.47 Å². The summed E-state index contributed by atoms with van der Waals surface area (Å²) in [5.41, 5.74) is -2.40. The second-order valence-electron chi connectivity index (χ2n) is 7.04. The SMILES string of the molecule is C=C1C(=O)OC2C1CCC(C)C1(O)CCC(=O)C21COC(C)=O. The molecular weight excluding hydrogens is 300 g/mol. The molecule has 6 heteroatoms. The van der Waals surface area contributed by atoms with Crippen molar-refractivity contribution in [1.29, 1.82) is 0 Å². The van der Waals surface area contributed by atoms with Crippen molar-refractivity contribution < 1.29 is 29.0 Å². The predicted octanol–water partition coefficient (Wildman–Crippen LogP) is 1.16. The molecular formula is C17H22O6. The minimum absolute atomic E-state index is 0.165. The molecule has 1 heterocycles. The normalized spacial score (nSPS) is 42.7. The second-order valence-corrected chi connectivity index (χ2v) is 7.04. The third kappa shape index (κ3) is 2.00. The molecule has 5 atom stereocenters. The minimum atomic E-state index is -1.39. The van der Waals surface area contributed by atoms with Crippen LogP contribution in [0.2, 0.25) is 0 Å². The Morgan fingerprint density at radius 3 is 2.78 bits per heavy atom. The summed E-state index contributed by atoms with van der Waals surface area (Å²) in [5, 5.41) is 11.4. The summed E-state index contributed by atoms with van der Waals surface area (Å²) in [5.74, 6) is -1.75. The molecule has 3 rings (SSSR count). The maximum absolute atomic E-state index is 12.8. The zero-order chi connectivity index (χ0) is 17.0. The van der Waals surface area contributed by atoms with Crippen LogP contribution in [-0.2, 0) is 23.9 Å². The number of hydrogen-bond acceptors (Lipinski definition) is 6. The molecule has 2 saturated carbocycles. The molecule has 5 unspecified atom stereocenters. The van der Waals surface area contributed by atoms with Gasteiger partial charge in [0, 0.05) is 24.8 Å². The van der Waals surface area contributed by atoms with Crippen LogP contribution >= 0.6 is 0 Å². The van der Waals surface area contributed by atoms with E-state index in [1.807, 2.05) is 6.92 Å². The van der Waals surface area contributed by atoms with Crippen molar-refractivity contribution >= 4 is 17.7 Å². The number of carbonyl (C=O) groups is 3. The van der Waals surface area contributed by atoms with E-state index in [1.165, 1.54) is 6.92 Å². The molecule has 0 radical (unpaired) electrons. The number of ether oxygens (including phenoxy) is 2. The van der Waals surface area contributed by atoms with Gasteiger partial charge in [-0.05, 0) is 25.2 Å². The predicted molar refractivity (Wildman–Crippen MR) is 79.2 cm³/mol. The maximum Gasteiger partial charge on any atom is 0.334 e. The third-order valence-electron chi connectivity index (χ3n) is 6.03. The Labute approximate surface area is 134 Å². The van der Waals surface area contributed by atoms with E-state index in [9.17, 15) is 19.5 Å². The van der Waals surface area contributed by atoms with Crippen molar-refractivity contribution in [1.82, 2.24) is 0 Å². The topological polar surface area (TPSA) is 89.9 Å². The highest BCUT2D eigenvalue weighted by Crippen LogP contribution is 2.59. The number of Topliss-reactive ketones (excluding diaryl/α,β-unsaturated/α-hetero) is 1. The number of esters is 2. The van der Waals surface area contributed by atoms with E-state index < -0.39 is 29.1 Å². The van der Waals surface area contributed by atoms with Crippen LogP contribution in [0.1, 0.15) is 39.5 Å². The van der Waals surface area contributed by atoms with Crippen molar-refractivity contribution in [2.75, 3.05) is 6.61 Å². The molecule has 1 aliphatic heterocycles. The molecule has 0 aromatic rings. The van der Waals surface area contributed by atoms with E-state index in [2.05, 4.69) is 6.58 Å². The molecule has 3 aliphatic rings. The van der Waals surface area contributed by atoms with Gasteiger partial charge in [0.05, 0.1) is 5.60 Å². The van der Waals surface area contributed by atoms with Gasteiger partial charge in [-0.25, -0.2) is 4.79 Å². The van der Waals surface area contributed by atoms with Gasteiger partial charge in [-0.15, -0.1) is 0 Å². The number of aliphatic hydroxyl groups is 1. The minimum Gasteiger partial charge on any atom is -0.465 e. The highest BCUT2D eigenvalue weighted by molar-refractivity contribution is 5.95. The second kappa shape index (κ2) is 5.16. The molecule has 2 aliphatic carbocycles. The standard InChI is InChI=1S/C17H22O6/c1-9-4-5-12-10(2)15(20)23-14(12)16(8-22-11(3)18)13(19)6-7-17(9,16)21/h9,12,14,21H,2,4-8H2,1,3H3. The first-order chi connectivity index (χ1) is 10.7. The Kier molecular flexibility index (Phi) is 3.63. The van der Waals surface area contributed by atoms with Crippen molar-refractivity contribution in [2.45, 2.75) is 51.2 Å². The monoisotopic (exact) mass is 322 g/mol. The van der Waals surface area contributed by atoms with E-state index in [0.29, 0.717) is 24.8 Å². The summed E-state index contributed by atoms with van der Waals surface area (Å²) in [6.45, 7) is 6.69. The van der Waals surface area contributed by atoms with Gasteiger partial charge >= 0.3 is 11.9 Å². The summed E-state index contributed by atoms with van der Waals surface area (Å²) in [7, 11) is 0. The first-order valence-electron chi connectivity index (χ1n) is 8.03. The zero-order valence-electron chi connectivity index (χ0n) is 13.5. The van der Waals surface area contributed by atoms with Gasteiger partial charge in [-0.1, -0.05) is 13.5 Å². The Balaban J connectivity index is 2.13. The van der Waals surface area contributed by atoms with Crippen LogP contribution in [0, 0.1) is 17.3 Å². The highest BCUT2D eigenvalue weighted by Gasteiger charge is 2.71. The van der Waals surface area contributed by atoms with Crippen molar-refractivity contribution in [3.05, 3.63) is 12.2 Å². The molecule has 1 N–H and O–H groups in total. The van der Waals surface area contributed by atoms with Gasteiger partial charge in [0.1, 0.15) is 23.9 Å². The summed E-state index contributed by atoms with van der Waals surface area (Å²) < 4.78 is 10.6. The average Bonchev–Trinajstić information content (AvgIpc) is 2.89. The lowest BCUT2D eigenvalue weighted by molar-refractivity contribution is -0.190. The van der Waals surface area contributed by atoms with Crippen molar-refractivity contribution in [2.24, 2.45) is 17.3 Å². The summed E-state index contributed by atoms with van der Waals surface area (Å²) in [4.78, 5) is 36.2. The van der Waals surface area contributed by atoms with Gasteiger partial charge < -0.3 is 14.6 Å². The molecule has 23 heavy (non-hydrogen) atoms. The molecule has 0 aromatic heterocycles. The number of fused-ring (bicyclic) bond motifs is 3. The first-order valence-corrected chi connectivity index (χ1v) is 8.03. The Bertz CT molecular complexity index is 596. The van der Waals surface area contributed by atoms with Crippen LogP contribution < -0.4 is 0 Å². The fourth-order valence-corrected chi connectivity index (χ4v) is 4.63. The Morgan fingerprint density at radius 2 is 2.13 bits per heavy atom. The van der Waals surface area contributed by atoms with Gasteiger partial charge in [-0.2, -0.15) is 0 Å². The molecule has 0 bridgehead atoms. The lowest BCUT2D eigenvalue weighted by atomic mass is 9.64. The molecule has 3 fully saturated rings. The lowest BCUT2D eigenvalue weighted by Gasteiger charge is -2.45. The van der Waals surface area contributed by atoms with E-state index in [0.717, 1.165) is 0 Å². The maximum atomic E-state index is 12.8. The summed E-state index contributed by atoms with van der Waals surface area (Å²) in [6, 6.07) is 0. The van der Waals surface area contributed by atoms with Gasteiger partial charge in [0.25, 0.3) is 0 Å². The smallest absolute Gasteiger partial charge is 0.334 e. The van der Waals surface area contributed by atoms with Crippen LogP contribution in [0.5, 0.6) is 0 Å². The fourth-order valence-electron chi connectivity index (χ4n) is 4.63. The van der Waals surface area contributed by atoms with Crippen molar-refractivity contribution in [3.8, 4) is 0 Å². The first kappa shape index (κ1) is 16.2. The molecule has 126 valence electrons. The zero-order valence-corrected chi connectivity index (χ0v) is 13.5. The highest BCUT2D eigenvalue weighted by atomic mass is 16.6. The number of ketones is 1. The van der Waals surface area contributed by atoms with Crippen LogP contribution in [-0.4, -0.2) is 41.1 Å². The van der Waals surface area contributed by atoms with Gasteiger partial charge in [0.15, 0.2) is 0 Å². The molecule has 1 saturated heterocycles. The largest absolute Gasteiger partial charge is 0.465 e. The third-order valence-corrected chi connectivity index (χ3v) is 6.03. The quantitative estimate of drug-likeness (QED) is 0.606. The Morgan fingerprint density at radius 1 is 1.43 bits per heavy atom. The van der Waals surface area contributed by atoms with Crippen LogP contribution in [0.3, 0.4) is 0 Å². The van der Waals surface area contributed by atoms with Crippen LogP contribution in [0.4, 0.5) is 0 Å². The van der Waals surface area contributed by atoms with Crippen LogP contribution in [0.25, 0.3) is 0 Å².